The molecule has 4 heteroatoms. The second-order valence-electron chi connectivity index (χ2n) is 4.40. The van der Waals surface area contributed by atoms with Crippen LogP contribution in [0.15, 0.2) is 18.2 Å². The Balaban J connectivity index is 2.47. The Labute approximate surface area is 101 Å². The van der Waals surface area contributed by atoms with Crippen molar-refractivity contribution in [3.8, 4) is 0 Å². The van der Waals surface area contributed by atoms with Crippen molar-refractivity contribution in [2.45, 2.75) is 39.2 Å². The van der Waals surface area contributed by atoms with Crippen molar-refractivity contribution in [2.24, 2.45) is 5.73 Å². The summed E-state index contributed by atoms with van der Waals surface area (Å²) in [5.74, 6) is -0.578. The van der Waals surface area contributed by atoms with Gasteiger partial charge in [-0.05, 0) is 44.4 Å². The summed E-state index contributed by atoms with van der Waals surface area (Å²) in [6.45, 7) is 3.75. The lowest BCUT2D eigenvalue weighted by Crippen LogP contribution is -2.17. The van der Waals surface area contributed by atoms with Crippen LogP contribution in [0.5, 0.6) is 0 Å². The molecule has 1 rings (SSSR count). The van der Waals surface area contributed by atoms with Gasteiger partial charge in [0.25, 0.3) is 0 Å². The topological polar surface area (TPSA) is 55.1 Å². The first-order chi connectivity index (χ1) is 7.99. The first-order valence-electron chi connectivity index (χ1n) is 5.80. The third-order valence-electron chi connectivity index (χ3n) is 2.46. The summed E-state index contributed by atoms with van der Waals surface area (Å²) >= 11 is 0. The summed E-state index contributed by atoms with van der Waals surface area (Å²) in [7, 11) is 0. The fraction of sp³-hybridized carbons (Fsp3) is 0.462. The molecule has 94 valence electrons. The number of hydrogen-bond acceptors (Lipinski definition) is 2. The Morgan fingerprint density at radius 1 is 1.53 bits per heavy atom. The van der Waals surface area contributed by atoms with Crippen LogP contribution < -0.4 is 11.1 Å². The van der Waals surface area contributed by atoms with E-state index in [4.69, 9.17) is 5.73 Å². The van der Waals surface area contributed by atoms with Crippen LogP contribution in [-0.4, -0.2) is 11.9 Å². The number of anilines is 1. The van der Waals surface area contributed by atoms with E-state index in [-0.39, 0.29) is 17.6 Å². The molecule has 0 heterocycles. The van der Waals surface area contributed by atoms with E-state index >= 15 is 0 Å². The van der Waals surface area contributed by atoms with Crippen LogP contribution in [-0.2, 0) is 4.79 Å². The third-order valence-corrected chi connectivity index (χ3v) is 2.46. The van der Waals surface area contributed by atoms with Crippen molar-refractivity contribution in [3.63, 3.8) is 0 Å². The molecule has 0 aliphatic heterocycles. The molecule has 3 nitrogen and oxygen atoms in total. The zero-order valence-electron chi connectivity index (χ0n) is 10.3. The molecule has 1 amide bonds. The molecule has 1 aromatic carbocycles. The van der Waals surface area contributed by atoms with Crippen molar-refractivity contribution in [2.75, 3.05) is 5.32 Å². The Morgan fingerprint density at radius 3 is 2.88 bits per heavy atom. The quantitative estimate of drug-likeness (QED) is 0.828. The van der Waals surface area contributed by atoms with E-state index in [1.165, 1.54) is 6.07 Å². The fourth-order valence-corrected chi connectivity index (χ4v) is 1.53. The molecule has 0 fully saturated rings. The van der Waals surface area contributed by atoms with Crippen LogP contribution >= 0.6 is 0 Å². The summed E-state index contributed by atoms with van der Waals surface area (Å²) in [6.07, 6.45) is 1.88. The molecule has 0 bridgehead atoms. The maximum absolute atomic E-state index is 13.3. The number of amides is 1. The molecule has 0 radical (unpaired) electrons. The number of nitrogens with one attached hydrogen (secondary N) is 1. The van der Waals surface area contributed by atoms with Gasteiger partial charge in [0.05, 0.1) is 5.69 Å². The highest BCUT2D eigenvalue weighted by molar-refractivity contribution is 5.90. The van der Waals surface area contributed by atoms with E-state index in [2.05, 4.69) is 5.32 Å². The molecular formula is C13H19FN2O. The predicted molar refractivity (Wildman–Crippen MR) is 67.3 cm³/mol. The highest BCUT2D eigenvalue weighted by Crippen LogP contribution is 2.16. The Hall–Kier alpha value is -1.42. The SMILES string of the molecule is Cc1ccc(F)c(NC(=O)CCCC(C)N)c1. The standard InChI is InChI=1S/C13H19FN2O/c1-9-6-7-11(14)12(8-9)16-13(17)5-3-4-10(2)15/h6-8,10H,3-5,15H2,1-2H3,(H,16,17). The van der Waals surface area contributed by atoms with E-state index in [1.54, 1.807) is 12.1 Å². The summed E-state index contributed by atoms with van der Waals surface area (Å²) in [5, 5.41) is 2.57. The number of benzene rings is 1. The number of carbonyl (C=O) groups excluding carboxylic acids is 1. The maximum Gasteiger partial charge on any atom is 0.224 e. The van der Waals surface area contributed by atoms with Gasteiger partial charge in [-0.1, -0.05) is 6.07 Å². The molecule has 1 aromatic rings. The Kier molecular flexibility index (Phi) is 5.10. The molecule has 0 saturated carbocycles. The van der Waals surface area contributed by atoms with E-state index in [9.17, 15) is 9.18 Å². The average molecular weight is 238 g/mol. The molecule has 0 saturated heterocycles. The van der Waals surface area contributed by atoms with Crippen molar-refractivity contribution in [1.82, 2.24) is 0 Å². The van der Waals surface area contributed by atoms with Gasteiger partial charge in [0.15, 0.2) is 0 Å². The van der Waals surface area contributed by atoms with Gasteiger partial charge in [-0.15, -0.1) is 0 Å². The van der Waals surface area contributed by atoms with Gasteiger partial charge < -0.3 is 11.1 Å². The second-order valence-corrected chi connectivity index (χ2v) is 4.40. The summed E-state index contributed by atoms with van der Waals surface area (Å²) in [6, 6.07) is 4.74. The average Bonchev–Trinajstić information content (AvgIpc) is 2.23. The second kappa shape index (κ2) is 6.35. The van der Waals surface area contributed by atoms with Crippen molar-refractivity contribution >= 4 is 11.6 Å². The van der Waals surface area contributed by atoms with Gasteiger partial charge in [-0.3, -0.25) is 4.79 Å². The smallest absolute Gasteiger partial charge is 0.224 e. The van der Waals surface area contributed by atoms with Gasteiger partial charge in [0.2, 0.25) is 5.91 Å². The molecular weight excluding hydrogens is 219 g/mol. The van der Waals surface area contributed by atoms with Crippen LogP contribution in [0.1, 0.15) is 31.7 Å². The predicted octanol–water partition coefficient (Wildman–Crippen LogP) is 2.59. The van der Waals surface area contributed by atoms with E-state index in [1.807, 2.05) is 13.8 Å². The lowest BCUT2D eigenvalue weighted by atomic mass is 10.1. The summed E-state index contributed by atoms with van der Waals surface area (Å²) in [5.41, 5.74) is 6.74. The van der Waals surface area contributed by atoms with Gasteiger partial charge in [-0.25, -0.2) is 4.39 Å². The van der Waals surface area contributed by atoms with Crippen molar-refractivity contribution in [3.05, 3.63) is 29.6 Å². The largest absolute Gasteiger partial charge is 0.328 e. The zero-order chi connectivity index (χ0) is 12.8. The minimum absolute atomic E-state index is 0.0958. The normalized spacial score (nSPS) is 12.2. The first-order valence-corrected chi connectivity index (χ1v) is 5.80. The monoisotopic (exact) mass is 238 g/mol. The van der Waals surface area contributed by atoms with Crippen LogP contribution in [0.4, 0.5) is 10.1 Å². The molecule has 0 spiro atoms. The van der Waals surface area contributed by atoms with Crippen LogP contribution in [0, 0.1) is 12.7 Å². The van der Waals surface area contributed by atoms with E-state index < -0.39 is 5.82 Å². The minimum atomic E-state index is -0.406. The zero-order valence-corrected chi connectivity index (χ0v) is 10.3. The third kappa shape index (κ3) is 4.95. The maximum atomic E-state index is 13.3. The lowest BCUT2D eigenvalue weighted by Gasteiger charge is -2.08. The molecule has 3 N–H and O–H groups in total. The highest BCUT2D eigenvalue weighted by atomic mass is 19.1. The fourth-order valence-electron chi connectivity index (χ4n) is 1.53. The number of rotatable bonds is 5. The Morgan fingerprint density at radius 2 is 2.24 bits per heavy atom. The molecule has 1 atom stereocenters. The summed E-state index contributed by atoms with van der Waals surface area (Å²) < 4.78 is 13.3. The van der Waals surface area contributed by atoms with Gasteiger partial charge >= 0.3 is 0 Å². The number of aryl methyl sites for hydroxylation is 1. The number of hydrogen-bond donors (Lipinski definition) is 2. The van der Waals surface area contributed by atoms with E-state index in [0.717, 1.165) is 18.4 Å². The number of carbonyl (C=O) groups is 1. The van der Waals surface area contributed by atoms with E-state index in [0.29, 0.717) is 6.42 Å². The van der Waals surface area contributed by atoms with Crippen LogP contribution in [0.3, 0.4) is 0 Å². The minimum Gasteiger partial charge on any atom is -0.328 e. The first kappa shape index (κ1) is 13.6. The molecule has 0 aliphatic rings. The van der Waals surface area contributed by atoms with Crippen LogP contribution in [0.2, 0.25) is 0 Å². The number of nitrogens with two attached hydrogens (primary N) is 1. The molecule has 17 heavy (non-hydrogen) atoms. The van der Waals surface area contributed by atoms with Gasteiger partial charge in [-0.2, -0.15) is 0 Å². The lowest BCUT2D eigenvalue weighted by molar-refractivity contribution is -0.116. The Bertz CT molecular complexity index is 391. The molecule has 0 aromatic heterocycles. The van der Waals surface area contributed by atoms with Crippen molar-refractivity contribution in [1.29, 1.82) is 0 Å². The summed E-state index contributed by atoms with van der Waals surface area (Å²) in [4.78, 5) is 11.5. The molecule has 1 unspecified atom stereocenters. The van der Waals surface area contributed by atoms with Gasteiger partial charge in [0, 0.05) is 12.5 Å². The van der Waals surface area contributed by atoms with Crippen molar-refractivity contribution < 1.29 is 9.18 Å². The van der Waals surface area contributed by atoms with Gasteiger partial charge in [0.1, 0.15) is 5.82 Å². The van der Waals surface area contributed by atoms with Crippen LogP contribution in [0.25, 0.3) is 0 Å². The highest BCUT2D eigenvalue weighted by Gasteiger charge is 2.07. The number of halogens is 1. The molecule has 0 aliphatic carbocycles.